The molecule has 0 heterocycles. The Morgan fingerprint density at radius 3 is 2.29 bits per heavy atom. The van der Waals surface area contributed by atoms with Crippen molar-refractivity contribution in [3.8, 4) is 0 Å². The van der Waals surface area contributed by atoms with Crippen molar-refractivity contribution in [2.75, 3.05) is 0 Å². The molecule has 96 valence electrons. The largest absolute Gasteiger partial charge is 0.390 e. The SMILES string of the molecule is CCC(O)C(O)CC(C)c1ccc(Cl)c(Cl)c1. The number of benzene rings is 1. The molecule has 0 aliphatic carbocycles. The molecule has 0 bridgehead atoms. The number of hydrogen-bond donors (Lipinski definition) is 2. The lowest BCUT2D eigenvalue weighted by molar-refractivity contribution is 0.00953. The van der Waals surface area contributed by atoms with Crippen molar-refractivity contribution in [3.05, 3.63) is 33.8 Å². The lowest BCUT2D eigenvalue weighted by atomic mass is 9.92. The van der Waals surface area contributed by atoms with Gasteiger partial charge in [0.05, 0.1) is 22.3 Å². The second kappa shape index (κ2) is 6.60. The van der Waals surface area contributed by atoms with Gasteiger partial charge in [0.15, 0.2) is 0 Å². The van der Waals surface area contributed by atoms with Gasteiger partial charge in [-0.25, -0.2) is 0 Å². The molecule has 0 aromatic heterocycles. The molecule has 0 amide bonds. The van der Waals surface area contributed by atoms with E-state index in [0.717, 1.165) is 5.56 Å². The summed E-state index contributed by atoms with van der Waals surface area (Å²) >= 11 is 11.8. The Morgan fingerprint density at radius 1 is 1.12 bits per heavy atom. The molecule has 0 saturated carbocycles. The third-order valence-electron chi connectivity index (χ3n) is 2.97. The van der Waals surface area contributed by atoms with E-state index >= 15 is 0 Å². The third-order valence-corrected chi connectivity index (χ3v) is 3.71. The van der Waals surface area contributed by atoms with E-state index < -0.39 is 12.2 Å². The van der Waals surface area contributed by atoms with E-state index in [9.17, 15) is 10.2 Å². The summed E-state index contributed by atoms with van der Waals surface area (Å²) in [6, 6.07) is 5.45. The molecule has 0 aliphatic heterocycles. The maximum atomic E-state index is 9.76. The molecule has 2 nitrogen and oxygen atoms in total. The lowest BCUT2D eigenvalue weighted by Crippen LogP contribution is -2.26. The van der Waals surface area contributed by atoms with E-state index in [4.69, 9.17) is 23.2 Å². The zero-order valence-electron chi connectivity index (χ0n) is 10.0. The predicted octanol–water partition coefficient (Wildman–Crippen LogP) is 3.62. The van der Waals surface area contributed by atoms with Gasteiger partial charge in [0.25, 0.3) is 0 Å². The quantitative estimate of drug-likeness (QED) is 0.863. The second-order valence-corrected chi connectivity index (χ2v) is 5.17. The summed E-state index contributed by atoms with van der Waals surface area (Å²) in [7, 11) is 0. The summed E-state index contributed by atoms with van der Waals surface area (Å²) in [4.78, 5) is 0. The van der Waals surface area contributed by atoms with Gasteiger partial charge >= 0.3 is 0 Å². The van der Waals surface area contributed by atoms with Crippen molar-refractivity contribution in [2.45, 2.75) is 44.8 Å². The minimum atomic E-state index is -0.704. The maximum absolute atomic E-state index is 9.76. The molecule has 3 atom stereocenters. The van der Waals surface area contributed by atoms with Gasteiger partial charge < -0.3 is 10.2 Å². The van der Waals surface area contributed by atoms with Gasteiger partial charge in [-0.3, -0.25) is 0 Å². The molecule has 0 spiro atoms. The Labute approximate surface area is 112 Å². The first-order chi connectivity index (χ1) is 7.95. The monoisotopic (exact) mass is 276 g/mol. The van der Waals surface area contributed by atoms with E-state index in [1.54, 1.807) is 12.1 Å². The molecule has 1 aromatic carbocycles. The first-order valence-corrected chi connectivity index (χ1v) is 6.52. The molecular weight excluding hydrogens is 259 g/mol. The molecule has 2 N–H and O–H groups in total. The molecule has 0 fully saturated rings. The van der Waals surface area contributed by atoms with Crippen molar-refractivity contribution >= 4 is 23.2 Å². The molecule has 17 heavy (non-hydrogen) atoms. The Hall–Kier alpha value is -0.280. The van der Waals surface area contributed by atoms with Crippen molar-refractivity contribution in [1.29, 1.82) is 0 Å². The normalized spacial score (nSPS) is 16.6. The van der Waals surface area contributed by atoms with E-state index in [1.165, 1.54) is 0 Å². The average molecular weight is 277 g/mol. The van der Waals surface area contributed by atoms with Crippen LogP contribution < -0.4 is 0 Å². The van der Waals surface area contributed by atoms with Crippen LogP contribution in [0.15, 0.2) is 18.2 Å². The van der Waals surface area contributed by atoms with E-state index in [-0.39, 0.29) is 5.92 Å². The molecule has 1 aromatic rings. The Balaban J connectivity index is 2.69. The van der Waals surface area contributed by atoms with Crippen LogP contribution in [0.5, 0.6) is 0 Å². The van der Waals surface area contributed by atoms with Crippen LogP contribution in [0, 0.1) is 0 Å². The van der Waals surface area contributed by atoms with Crippen molar-refractivity contribution < 1.29 is 10.2 Å². The summed E-state index contributed by atoms with van der Waals surface area (Å²) in [6.07, 6.45) is -0.313. The Morgan fingerprint density at radius 2 is 1.76 bits per heavy atom. The highest BCUT2D eigenvalue weighted by atomic mass is 35.5. The molecule has 4 heteroatoms. The van der Waals surface area contributed by atoms with Crippen molar-refractivity contribution in [1.82, 2.24) is 0 Å². The van der Waals surface area contributed by atoms with Crippen molar-refractivity contribution in [3.63, 3.8) is 0 Å². The van der Waals surface area contributed by atoms with Crippen LogP contribution in [0.3, 0.4) is 0 Å². The highest BCUT2D eigenvalue weighted by Crippen LogP contribution is 2.29. The van der Waals surface area contributed by atoms with Crippen LogP contribution in [0.4, 0.5) is 0 Å². The van der Waals surface area contributed by atoms with Gasteiger partial charge in [-0.05, 0) is 36.5 Å². The Bertz CT molecular complexity index is 368. The van der Waals surface area contributed by atoms with Gasteiger partial charge in [0.2, 0.25) is 0 Å². The van der Waals surface area contributed by atoms with E-state index in [2.05, 4.69) is 0 Å². The van der Waals surface area contributed by atoms with Gasteiger partial charge in [-0.1, -0.05) is 43.1 Å². The summed E-state index contributed by atoms with van der Waals surface area (Å²) in [5, 5.41) is 20.3. The maximum Gasteiger partial charge on any atom is 0.0804 e. The van der Waals surface area contributed by atoms with E-state index in [0.29, 0.717) is 22.9 Å². The average Bonchev–Trinajstić information content (AvgIpc) is 2.31. The molecular formula is C13H18Cl2O2. The van der Waals surface area contributed by atoms with Gasteiger partial charge in [-0.15, -0.1) is 0 Å². The summed E-state index contributed by atoms with van der Waals surface area (Å²) in [6.45, 7) is 3.84. The first-order valence-electron chi connectivity index (χ1n) is 5.76. The highest BCUT2D eigenvalue weighted by Gasteiger charge is 2.18. The summed E-state index contributed by atoms with van der Waals surface area (Å²) in [5.74, 6) is 0.126. The fourth-order valence-electron chi connectivity index (χ4n) is 1.75. The van der Waals surface area contributed by atoms with Crippen LogP contribution >= 0.6 is 23.2 Å². The fourth-order valence-corrected chi connectivity index (χ4v) is 2.05. The van der Waals surface area contributed by atoms with E-state index in [1.807, 2.05) is 19.9 Å². The fraction of sp³-hybridized carbons (Fsp3) is 0.538. The highest BCUT2D eigenvalue weighted by molar-refractivity contribution is 6.42. The second-order valence-electron chi connectivity index (χ2n) is 4.35. The smallest absolute Gasteiger partial charge is 0.0804 e. The molecule has 1 rings (SSSR count). The lowest BCUT2D eigenvalue weighted by Gasteiger charge is -2.20. The molecule has 0 radical (unpaired) electrons. The van der Waals surface area contributed by atoms with Crippen LogP contribution in [-0.2, 0) is 0 Å². The minimum absolute atomic E-state index is 0.126. The zero-order valence-corrected chi connectivity index (χ0v) is 11.5. The van der Waals surface area contributed by atoms with Crippen LogP contribution in [0.25, 0.3) is 0 Å². The molecule has 3 unspecified atom stereocenters. The van der Waals surface area contributed by atoms with Crippen LogP contribution in [0.2, 0.25) is 10.0 Å². The summed E-state index contributed by atoms with van der Waals surface area (Å²) in [5.41, 5.74) is 1.02. The van der Waals surface area contributed by atoms with Gasteiger partial charge in [0.1, 0.15) is 0 Å². The number of aliphatic hydroxyl groups excluding tert-OH is 2. The van der Waals surface area contributed by atoms with Gasteiger partial charge in [0, 0.05) is 0 Å². The van der Waals surface area contributed by atoms with Gasteiger partial charge in [-0.2, -0.15) is 0 Å². The minimum Gasteiger partial charge on any atom is -0.390 e. The first kappa shape index (κ1) is 14.8. The Kier molecular flexibility index (Phi) is 5.74. The van der Waals surface area contributed by atoms with Crippen molar-refractivity contribution in [2.24, 2.45) is 0 Å². The standard InChI is InChI=1S/C13H18Cl2O2/c1-3-12(16)13(17)6-8(2)9-4-5-10(14)11(15)7-9/h4-5,7-8,12-13,16-17H,3,6H2,1-2H3. The zero-order chi connectivity index (χ0) is 13.0. The van der Waals surface area contributed by atoms with Crippen LogP contribution in [-0.4, -0.2) is 22.4 Å². The number of halogens is 2. The number of rotatable bonds is 5. The summed E-state index contributed by atoms with van der Waals surface area (Å²) < 4.78 is 0. The third kappa shape index (κ3) is 4.14. The predicted molar refractivity (Wildman–Crippen MR) is 71.8 cm³/mol. The number of aliphatic hydroxyl groups is 2. The topological polar surface area (TPSA) is 40.5 Å². The van der Waals surface area contributed by atoms with Crippen LogP contribution in [0.1, 0.15) is 38.2 Å². The number of hydrogen-bond acceptors (Lipinski definition) is 2. The molecule has 0 saturated heterocycles. The molecule has 0 aliphatic rings.